The van der Waals surface area contributed by atoms with Crippen molar-refractivity contribution in [3.8, 4) is 5.75 Å². The first-order valence-corrected chi connectivity index (χ1v) is 7.07. The van der Waals surface area contributed by atoms with Gasteiger partial charge in [-0.2, -0.15) is 5.10 Å². The molecule has 118 valence electrons. The predicted molar refractivity (Wildman–Crippen MR) is 86.6 cm³/mol. The van der Waals surface area contributed by atoms with Crippen LogP contribution >= 0.6 is 15.9 Å². The number of nitrogens with one attached hydrogen (secondary N) is 1. The third-order valence-electron chi connectivity index (χ3n) is 2.75. The lowest BCUT2D eigenvalue weighted by Crippen LogP contribution is -2.17. The summed E-state index contributed by atoms with van der Waals surface area (Å²) in [4.78, 5) is 26.1. The fourth-order valence-corrected chi connectivity index (χ4v) is 2.06. The van der Waals surface area contributed by atoms with E-state index >= 15 is 0 Å². The van der Waals surface area contributed by atoms with Gasteiger partial charge in [0.05, 0.1) is 23.8 Å². The molecule has 1 aromatic heterocycles. The molecule has 0 radical (unpaired) electrons. The van der Waals surface area contributed by atoms with Crippen molar-refractivity contribution in [2.24, 2.45) is 5.10 Å². The van der Waals surface area contributed by atoms with Crippen molar-refractivity contribution >= 4 is 33.7 Å². The number of carbonyl (C=O) groups is 1. The molecule has 0 unspecified atom stereocenters. The minimum atomic E-state index is -0.554. The first-order chi connectivity index (χ1) is 11.0. The van der Waals surface area contributed by atoms with Gasteiger partial charge in [-0.1, -0.05) is 0 Å². The minimum Gasteiger partial charge on any atom is -0.490 e. The average Bonchev–Trinajstić information content (AvgIpc) is 2.54. The van der Waals surface area contributed by atoms with E-state index in [0.29, 0.717) is 15.6 Å². The van der Waals surface area contributed by atoms with E-state index < -0.39 is 10.8 Å². The van der Waals surface area contributed by atoms with Gasteiger partial charge >= 0.3 is 5.69 Å². The van der Waals surface area contributed by atoms with Gasteiger partial charge in [0.2, 0.25) is 0 Å². The number of hydrogen-bond acceptors (Lipinski definition) is 6. The largest absolute Gasteiger partial charge is 0.490 e. The van der Waals surface area contributed by atoms with Crippen molar-refractivity contribution in [1.82, 2.24) is 10.4 Å². The average molecular weight is 379 g/mol. The topological polar surface area (TPSA) is 107 Å². The van der Waals surface area contributed by atoms with Crippen LogP contribution in [-0.2, 0) is 0 Å². The van der Waals surface area contributed by atoms with Gasteiger partial charge in [0.25, 0.3) is 5.91 Å². The van der Waals surface area contributed by atoms with Gasteiger partial charge in [-0.25, -0.2) is 5.43 Å². The zero-order valence-electron chi connectivity index (χ0n) is 11.9. The number of nitro benzene ring substituents is 1. The number of nitro groups is 1. The quantitative estimate of drug-likeness (QED) is 0.488. The zero-order chi connectivity index (χ0) is 16.8. The van der Waals surface area contributed by atoms with E-state index in [1.54, 1.807) is 18.3 Å². The first-order valence-electron chi connectivity index (χ1n) is 6.27. The van der Waals surface area contributed by atoms with E-state index in [-0.39, 0.29) is 11.4 Å². The van der Waals surface area contributed by atoms with Crippen molar-refractivity contribution in [2.75, 3.05) is 7.11 Å². The number of ether oxygens (including phenoxy) is 1. The molecule has 0 bridgehead atoms. The van der Waals surface area contributed by atoms with Crippen LogP contribution in [0.5, 0.6) is 5.75 Å². The summed E-state index contributed by atoms with van der Waals surface area (Å²) in [5.74, 6) is -0.297. The number of amides is 1. The molecule has 1 amide bonds. The van der Waals surface area contributed by atoms with E-state index in [2.05, 4.69) is 31.4 Å². The Morgan fingerprint density at radius 1 is 1.43 bits per heavy atom. The summed E-state index contributed by atoms with van der Waals surface area (Å²) >= 11 is 3.21. The Labute approximate surface area is 139 Å². The molecule has 9 heteroatoms. The number of hydrogen-bond donors (Lipinski definition) is 1. The lowest BCUT2D eigenvalue weighted by molar-refractivity contribution is -0.385. The standard InChI is InChI=1S/C14H11BrN4O4/c1-23-13-3-2-9(4-12(13)19(21)22)6-17-18-14(20)10-5-11(15)8-16-7-10/h2-8H,1H3,(H,18,20). The minimum absolute atomic E-state index is 0.149. The van der Waals surface area contributed by atoms with Crippen LogP contribution in [0.25, 0.3) is 0 Å². The van der Waals surface area contributed by atoms with Gasteiger partial charge in [-0.15, -0.1) is 0 Å². The highest BCUT2D eigenvalue weighted by Crippen LogP contribution is 2.26. The van der Waals surface area contributed by atoms with Crippen molar-refractivity contribution in [3.05, 3.63) is 62.4 Å². The number of nitrogens with zero attached hydrogens (tertiary/aromatic N) is 3. The molecule has 0 saturated heterocycles. The third-order valence-corrected chi connectivity index (χ3v) is 3.18. The van der Waals surface area contributed by atoms with Gasteiger partial charge < -0.3 is 4.74 Å². The molecular weight excluding hydrogens is 368 g/mol. The van der Waals surface area contributed by atoms with Crippen LogP contribution in [0, 0.1) is 10.1 Å². The summed E-state index contributed by atoms with van der Waals surface area (Å²) in [6.07, 6.45) is 4.25. The van der Waals surface area contributed by atoms with Crippen LogP contribution in [0.15, 0.2) is 46.2 Å². The highest BCUT2D eigenvalue weighted by Gasteiger charge is 2.14. The predicted octanol–water partition coefficient (Wildman–Crippen LogP) is 2.52. The molecule has 0 fully saturated rings. The molecular formula is C14H11BrN4O4. The summed E-state index contributed by atoms with van der Waals surface area (Å²) in [6.45, 7) is 0. The van der Waals surface area contributed by atoms with Crippen molar-refractivity contribution in [3.63, 3.8) is 0 Å². The molecule has 2 aromatic rings. The molecule has 1 heterocycles. The van der Waals surface area contributed by atoms with E-state index in [4.69, 9.17) is 4.74 Å². The number of hydrazone groups is 1. The molecule has 23 heavy (non-hydrogen) atoms. The van der Waals surface area contributed by atoms with E-state index in [1.165, 1.54) is 31.7 Å². The van der Waals surface area contributed by atoms with Crippen molar-refractivity contribution in [2.45, 2.75) is 0 Å². The van der Waals surface area contributed by atoms with E-state index in [9.17, 15) is 14.9 Å². The van der Waals surface area contributed by atoms with Crippen LogP contribution in [-0.4, -0.2) is 29.1 Å². The second-order valence-electron chi connectivity index (χ2n) is 4.28. The number of rotatable bonds is 5. The molecule has 0 aliphatic heterocycles. The number of benzene rings is 1. The summed E-state index contributed by atoms with van der Waals surface area (Å²) in [5.41, 5.74) is 2.92. The SMILES string of the molecule is COc1ccc(C=NNC(=O)c2cncc(Br)c2)cc1[N+](=O)[O-]. The molecule has 0 atom stereocenters. The Balaban J connectivity index is 2.10. The molecule has 0 aliphatic carbocycles. The molecule has 0 saturated carbocycles. The van der Waals surface area contributed by atoms with Crippen molar-refractivity contribution < 1.29 is 14.5 Å². The fraction of sp³-hybridized carbons (Fsp3) is 0.0714. The second-order valence-corrected chi connectivity index (χ2v) is 5.20. The van der Waals surface area contributed by atoms with E-state index in [1.807, 2.05) is 0 Å². The normalized spacial score (nSPS) is 10.5. The highest BCUT2D eigenvalue weighted by atomic mass is 79.9. The Kier molecular flexibility index (Phi) is 5.36. The van der Waals surface area contributed by atoms with Gasteiger partial charge in [0.15, 0.2) is 5.75 Å². The highest BCUT2D eigenvalue weighted by molar-refractivity contribution is 9.10. The summed E-state index contributed by atoms with van der Waals surface area (Å²) in [6, 6.07) is 5.94. The number of aromatic nitrogens is 1. The Morgan fingerprint density at radius 3 is 2.87 bits per heavy atom. The maximum Gasteiger partial charge on any atom is 0.311 e. The molecule has 1 aromatic carbocycles. The molecule has 0 spiro atoms. The maximum atomic E-state index is 11.8. The maximum absolute atomic E-state index is 11.8. The molecule has 8 nitrogen and oxygen atoms in total. The van der Waals surface area contributed by atoms with Crippen LogP contribution in [0.1, 0.15) is 15.9 Å². The Hall–Kier alpha value is -2.81. The zero-order valence-corrected chi connectivity index (χ0v) is 13.5. The van der Waals surface area contributed by atoms with Gasteiger partial charge in [-0.05, 0) is 34.1 Å². The third kappa shape index (κ3) is 4.33. The smallest absolute Gasteiger partial charge is 0.311 e. The Bertz CT molecular complexity index is 779. The van der Waals surface area contributed by atoms with Gasteiger partial charge in [0, 0.05) is 28.5 Å². The van der Waals surface area contributed by atoms with E-state index in [0.717, 1.165) is 0 Å². The second kappa shape index (κ2) is 7.45. The lowest BCUT2D eigenvalue weighted by Gasteiger charge is -2.02. The summed E-state index contributed by atoms with van der Waals surface area (Å²) in [7, 11) is 1.35. The number of halogens is 1. The van der Waals surface area contributed by atoms with Crippen LogP contribution < -0.4 is 10.2 Å². The van der Waals surface area contributed by atoms with Crippen LogP contribution in [0.4, 0.5) is 5.69 Å². The number of methoxy groups -OCH3 is 1. The van der Waals surface area contributed by atoms with Crippen molar-refractivity contribution in [1.29, 1.82) is 0 Å². The molecule has 0 aliphatic rings. The lowest BCUT2D eigenvalue weighted by atomic mass is 10.2. The van der Waals surface area contributed by atoms with Crippen LogP contribution in [0.3, 0.4) is 0 Å². The number of pyridine rings is 1. The molecule has 2 rings (SSSR count). The Morgan fingerprint density at radius 2 is 2.22 bits per heavy atom. The first kappa shape index (κ1) is 16.6. The number of carbonyl (C=O) groups excluding carboxylic acids is 1. The summed E-state index contributed by atoms with van der Waals surface area (Å²) < 4.78 is 5.57. The summed E-state index contributed by atoms with van der Waals surface area (Å²) in [5, 5.41) is 14.7. The molecule has 1 N–H and O–H groups in total. The van der Waals surface area contributed by atoms with Gasteiger partial charge in [-0.3, -0.25) is 19.9 Å². The monoisotopic (exact) mass is 378 g/mol. The fourth-order valence-electron chi connectivity index (χ4n) is 1.70. The van der Waals surface area contributed by atoms with Gasteiger partial charge in [0.1, 0.15) is 0 Å². The van der Waals surface area contributed by atoms with Crippen LogP contribution in [0.2, 0.25) is 0 Å².